The number of aromatic nitrogens is 1. The van der Waals surface area contributed by atoms with E-state index in [9.17, 15) is 4.79 Å². The van der Waals surface area contributed by atoms with Crippen molar-refractivity contribution in [3.63, 3.8) is 0 Å². The van der Waals surface area contributed by atoms with Gasteiger partial charge in [0.25, 0.3) is 0 Å². The Bertz CT molecular complexity index is 749. The molecule has 5 nitrogen and oxygen atoms in total. The van der Waals surface area contributed by atoms with E-state index in [-0.39, 0.29) is 0 Å². The molecule has 2 aromatic rings. The summed E-state index contributed by atoms with van der Waals surface area (Å²) in [5.41, 5.74) is 2.39. The summed E-state index contributed by atoms with van der Waals surface area (Å²) in [5.74, 6) is 0.320. The van der Waals surface area contributed by atoms with E-state index in [1.807, 2.05) is 12.3 Å². The average molecular weight is 352 g/mol. The standard InChI is InChI=1S/C21H28N4O/c26-21(25-9-2-1-3-10-25)17-24-13-11-23(12-14-24)16-18-6-7-20-19(15-18)5-4-8-22-20/h4-8,15H,1-3,9-14,16-17H2. The molecular weight excluding hydrogens is 324 g/mol. The predicted octanol–water partition coefficient (Wildman–Crippen LogP) is 2.36. The number of amides is 1. The van der Waals surface area contributed by atoms with Crippen LogP contribution in [-0.4, -0.2) is 71.4 Å². The van der Waals surface area contributed by atoms with E-state index in [0.717, 1.165) is 51.3 Å². The largest absolute Gasteiger partial charge is 0.342 e. The number of rotatable bonds is 4. The Morgan fingerprint density at radius 2 is 1.69 bits per heavy atom. The lowest BCUT2D eigenvalue weighted by molar-refractivity contribution is -0.133. The van der Waals surface area contributed by atoms with Gasteiger partial charge in [-0.2, -0.15) is 0 Å². The van der Waals surface area contributed by atoms with Gasteiger partial charge >= 0.3 is 0 Å². The van der Waals surface area contributed by atoms with Gasteiger partial charge in [-0.05, 0) is 43.0 Å². The lowest BCUT2D eigenvalue weighted by Crippen LogP contribution is -2.50. The molecule has 0 radical (unpaired) electrons. The number of benzene rings is 1. The number of likely N-dealkylation sites (tertiary alicyclic amines) is 1. The minimum atomic E-state index is 0.320. The molecule has 2 fully saturated rings. The Morgan fingerprint density at radius 3 is 2.50 bits per heavy atom. The molecule has 0 unspecified atom stereocenters. The predicted molar refractivity (Wildman–Crippen MR) is 104 cm³/mol. The highest BCUT2D eigenvalue weighted by atomic mass is 16.2. The lowest BCUT2D eigenvalue weighted by Gasteiger charge is -2.36. The maximum absolute atomic E-state index is 12.4. The molecule has 1 amide bonds. The van der Waals surface area contributed by atoms with Gasteiger partial charge in [-0.25, -0.2) is 0 Å². The van der Waals surface area contributed by atoms with Gasteiger partial charge in [0.2, 0.25) is 5.91 Å². The first kappa shape index (κ1) is 17.4. The Kier molecular flexibility index (Phi) is 5.46. The van der Waals surface area contributed by atoms with Crippen molar-refractivity contribution in [1.29, 1.82) is 0 Å². The number of carbonyl (C=O) groups is 1. The first-order valence-electron chi connectivity index (χ1n) is 9.84. The van der Waals surface area contributed by atoms with E-state index in [0.29, 0.717) is 12.5 Å². The third-order valence-corrected chi connectivity index (χ3v) is 5.61. The van der Waals surface area contributed by atoms with Crippen LogP contribution in [0.2, 0.25) is 0 Å². The highest BCUT2D eigenvalue weighted by Crippen LogP contribution is 2.16. The average Bonchev–Trinajstić information content (AvgIpc) is 2.70. The first-order chi connectivity index (χ1) is 12.8. The Balaban J connectivity index is 1.27. The zero-order valence-electron chi connectivity index (χ0n) is 15.4. The van der Waals surface area contributed by atoms with Crippen LogP contribution in [-0.2, 0) is 11.3 Å². The molecule has 1 aromatic heterocycles. The van der Waals surface area contributed by atoms with Gasteiger partial charge in [-0.15, -0.1) is 0 Å². The topological polar surface area (TPSA) is 39.7 Å². The molecule has 1 aromatic carbocycles. The van der Waals surface area contributed by atoms with E-state index < -0.39 is 0 Å². The summed E-state index contributed by atoms with van der Waals surface area (Å²) >= 11 is 0. The smallest absolute Gasteiger partial charge is 0.236 e. The van der Waals surface area contributed by atoms with Crippen LogP contribution in [0, 0.1) is 0 Å². The number of fused-ring (bicyclic) bond motifs is 1. The molecule has 5 heteroatoms. The van der Waals surface area contributed by atoms with Crippen molar-refractivity contribution in [1.82, 2.24) is 19.7 Å². The highest BCUT2D eigenvalue weighted by molar-refractivity contribution is 5.79. The molecule has 0 saturated carbocycles. The Labute approximate surface area is 155 Å². The molecule has 26 heavy (non-hydrogen) atoms. The quantitative estimate of drug-likeness (QED) is 0.847. The van der Waals surface area contributed by atoms with Gasteiger partial charge in [0.05, 0.1) is 12.1 Å². The number of hydrogen-bond donors (Lipinski definition) is 0. The molecule has 0 aliphatic carbocycles. The van der Waals surface area contributed by atoms with Gasteiger partial charge in [-0.1, -0.05) is 12.1 Å². The molecule has 0 N–H and O–H groups in total. The minimum absolute atomic E-state index is 0.320. The second-order valence-electron chi connectivity index (χ2n) is 7.52. The van der Waals surface area contributed by atoms with Crippen molar-refractivity contribution in [2.75, 3.05) is 45.8 Å². The van der Waals surface area contributed by atoms with Crippen LogP contribution in [0.3, 0.4) is 0 Å². The van der Waals surface area contributed by atoms with Crippen LogP contribution in [0.1, 0.15) is 24.8 Å². The molecule has 2 aliphatic heterocycles. The monoisotopic (exact) mass is 352 g/mol. The number of pyridine rings is 1. The third kappa shape index (κ3) is 4.22. The molecule has 138 valence electrons. The van der Waals surface area contributed by atoms with Crippen molar-refractivity contribution >= 4 is 16.8 Å². The van der Waals surface area contributed by atoms with E-state index in [4.69, 9.17) is 0 Å². The Hall–Kier alpha value is -1.98. The summed E-state index contributed by atoms with van der Waals surface area (Å²) < 4.78 is 0. The van der Waals surface area contributed by atoms with Gasteiger partial charge in [0.1, 0.15) is 0 Å². The van der Waals surface area contributed by atoms with Gasteiger partial charge in [-0.3, -0.25) is 19.6 Å². The van der Waals surface area contributed by atoms with E-state index in [2.05, 4.69) is 43.9 Å². The summed E-state index contributed by atoms with van der Waals surface area (Å²) in [6.45, 7) is 7.49. The molecule has 0 bridgehead atoms. The third-order valence-electron chi connectivity index (χ3n) is 5.61. The van der Waals surface area contributed by atoms with Crippen LogP contribution in [0.15, 0.2) is 36.5 Å². The maximum Gasteiger partial charge on any atom is 0.236 e. The van der Waals surface area contributed by atoms with E-state index in [1.54, 1.807) is 0 Å². The second kappa shape index (κ2) is 8.14. The van der Waals surface area contributed by atoms with Crippen LogP contribution in [0.5, 0.6) is 0 Å². The normalized spacial score (nSPS) is 19.8. The molecule has 4 rings (SSSR count). The van der Waals surface area contributed by atoms with Gasteiger partial charge in [0.15, 0.2) is 0 Å². The van der Waals surface area contributed by atoms with Crippen LogP contribution in [0.4, 0.5) is 0 Å². The molecule has 2 aliphatic rings. The van der Waals surface area contributed by atoms with Crippen molar-refractivity contribution in [2.24, 2.45) is 0 Å². The number of hydrogen-bond acceptors (Lipinski definition) is 4. The zero-order chi connectivity index (χ0) is 17.8. The maximum atomic E-state index is 12.4. The highest BCUT2D eigenvalue weighted by Gasteiger charge is 2.22. The van der Waals surface area contributed by atoms with Crippen molar-refractivity contribution in [3.8, 4) is 0 Å². The molecule has 3 heterocycles. The minimum Gasteiger partial charge on any atom is -0.342 e. The molecular formula is C21H28N4O. The van der Waals surface area contributed by atoms with E-state index >= 15 is 0 Å². The van der Waals surface area contributed by atoms with Gasteiger partial charge < -0.3 is 4.90 Å². The summed E-state index contributed by atoms with van der Waals surface area (Å²) in [5, 5.41) is 1.20. The van der Waals surface area contributed by atoms with Crippen molar-refractivity contribution in [3.05, 3.63) is 42.1 Å². The van der Waals surface area contributed by atoms with E-state index in [1.165, 1.54) is 30.2 Å². The fourth-order valence-electron chi connectivity index (χ4n) is 4.02. The summed E-state index contributed by atoms with van der Waals surface area (Å²) in [4.78, 5) is 23.7. The lowest BCUT2D eigenvalue weighted by atomic mass is 10.1. The number of nitrogens with zero attached hydrogens (tertiary/aromatic N) is 4. The summed E-state index contributed by atoms with van der Waals surface area (Å²) in [6.07, 6.45) is 5.45. The van der Waals surface area contributed by atoms with Crippen LogP contribution in [0.25, 0.3) is 10.9 Å². The summed E-state index contributed by atoms with van der Waals surface area (Å²) in [7, 11) is 0. The fraction of sp³-hybridized carbons (Fsp3) is 0.524. The molecule has 0 atom stereocenters. The van der Waals surface area contributed by atoms with Crippen molar-refractivity contribution in [2.45, 2.75) is 25.8 Å². The SMILES string of the molecule is O=C(CN1CCN(Cc2ccc3ncccc3c2)CC1)N1CCCCC1. The molecule has 0 spiro atoms. The number of piperidine rings is 1. The van der Waals surface area contributed by atoms with Crippen LogP contribution >= 0.6 is 0 Å². The number of carbonyl (C=O) groups excluding carboxylic acids is 1. The number of piperazine rings is 1. The van der Waals surface area contributed by atoms with Crippen molar-refractivity contribution < 1.29 is 4.79 Å². The molecule has 2 saturated heterocycles. The van der Waals surface area contributed by atoms with Gasteiger partial charge in [0, 0.05) is 57.4 Å². The first-order valence-corrected chi connectivity index (χ1v) is 9.84. The van der Waals surface area contributed by atoms with Crippen LogP contribution < -0.4 is 0 Å². The summed E-state index contributed by atoms with van der Waals surface area (Å²) in [6, 6.07) is 10.6. The second-order valence-corrected chi connectivity index (χ2v) is 7.52. The Morgan fingerprint density at radius 1 is 0.923 bits per heavy atom. The fourth-order valence-corrected chi connectivity index (χ4v) is 4.02. The zero-order valence-corrected chi connectivity index (χ0v) is 15.4.